The minimum Gasteiger partial charge on any atom is -0.464 e. The molecule has 0 saturated carbocycles. The molecule has 0 saturated heterocycles. The molecule has 0 spiro atoms. The van der Waals surface area contributed by atoms with Crippen LogP contribution in [-0.4, -0.2) is 25.8 Å². The van der Waals surface area contributed by atoms with Crippen LogP contribution in [0.1, 0.15) is 33.1 Å². The molecule has 0 atom stereocenters. The van der Waals surface area contributed by atoms with Gasteiger partial charge in [0.15, 0.2) is 0 Å². The fourth-order valence-electron chi connectivity index (χ4n) is 0.774. The van der Waals surface area contributed by atoms with Crippen molar-refractivity contribution >= 4 is 5.97 Å². The molecule has 0 fully saturated rings. The number of ether oxygens (including phenoxy) is 2. The predicted molar refractivity (Wildman–Crippen MR) is 56.1 cm³/mol. The van der Waals surface area contributed by atoms with Gasteiger partial charge in [0.05, 0.1) is 13.2 Å². The van der Waals surface area contributed by atoms with Gasteiger partial charge < -0.3 is 9.47 Å². The number of rotatable bonds is 8. The Morgan fingerprint density at radius 1 is 1.36 bits per heavy atom. The van der Waals surface area contributed by atoms with Crippen LogP contribution in [0.15, 0.2) is 12.2 Å². The van der Waals surface area contributed by atoms with Gasteiger partial charge in [0.2, 0.25) is 0 Å². The van der Waals surface area contributed by atoms with Crippen LogP contribution in [-0.2, 0) is 14.3 Å². The number of hydrogen-bond acceptors (Lipinski definition) is 3. The van der Waals surface area contributed by atoms with Crippen LogP contribution in [0, 0.1) is 0 Å². The standard InChI is InChI=1S/C11H20O3/c1-4-5-7-14-11(12)9-13-8-6-10(2)3/h2,4-9H2,1,3H3. The molecule has 0 radical (unpaired) electrons. The van der Waals surface area contributed by atoms with Crippen LogP contribution < -0.4 is 0 Å². The summed E-state index contributed by atoms with van der Waals surface area (Å²) in [6.45, 7) is 8.81. The van der Waals surface area contributed by atoms with Crippen LogP contribution in [0.2, 0.25) is 0 Å². The summed E-state index contributed by atoms with van der Waals surface area (Å²) in [6.07, 6.45) is 2.74. The highest BCUT2D eigenvalue weighted by molar-refractivity contribution is 5.70. The van der Waals surface area contributed by atoms with Gasteiger partial charge in [-0.05, 0) is 19.8 Å². The average Bonchev–Trinajstić information content (AvgIpc) is 2.13. The fraction of sp³-hybridized carbons (Fsp3) is 0.727. The van der Waals surface area contributed by atoms with Crippen molar-refractivity contribution in [2.24, 2.45) is 0 Å². The van der Waals surface area contributed by atoms with Gasteiger partial charge in [-0.25, -0.2) is 4.79 Å². The largest absolute Gasteiger partial charge is 0.464 e. The third kappa shape index (κ3) is 9.26. The normalized spacial score (nSPS) is 9.86. The Morgan fingerprint density at radius 3 is 2.64 bits per heavy atom. The smallest absolute Gasteiger partial charge is 0.332 e. The summed E-state index contributed by atoms with van der Waals surface area (Å²) in [6, 6.07) is 0. The van der Waals surface area contributed by atoms with Gasteiger partial charge in [-0.2, -0.15) is 0 Å². The zero-order chi connectivity index (χ0) is 10.8. The van der Waals surface area contributed by atoms with E-state index in [0.29, 0.717) is 13.2 Å². The Morgan fingerprint density at radius 2 is 2.07 bits per heavy atom. The van der Waals surface area contributed by atoms with Crippen LogP contribution >= 0.6 is 0 Å². The van der Waals surface area contributed by atoms with Crippen molar-refractivity contribution in [1.29, 1.82) is 0 Å². The predicted octanol–water partition coefficient (Wildman–Crippen LogP) is 2.31. The summed E-state index contributed by atoms with van der Waals surface area (Å²) in [7, 11) is 0. The van der Waals surface area contributed by atoms with Gasteiger partial charge in [-0.1, -0.05) is 18.9 Å². The van der Waals surface area contributed by atoms with E-state index in [1.54, 1.807) is 0 Å². The molecule has 0 aliphatic carbocycles. The van der Waals surface area contributed by atoms with Gasteiger partial charge in [-0.3, -0.25) is 0 Å². The van der Waals surface area contributed by atoms with E-state index in [2.05, 4.69) is 13.5 Å². The molecule has 0 amide bonds. The molecule has 3 nitrogen and oxygen atoms in total. The number of hydrogen-bond donors (Lipinski definition) is 0. The van der Waals surface area contributed by atoms with Crippen molar-refractivity contribution in [3.63, 3.8) is 0 Å². The highest BCUT2D eigenvalue weighted by Gasteiger charge is 2.01. The molecular weight excluding hydrogens is 180 g/mol. The monoisotopic (exact) mass is 200 g/mol. The Hall–Kier alpha value is -0.830. The Labute approximate surface area is 86.1 Å². The first kappa shape index (κ1) is 13.2. The summed E-state index contributed by atoms with van der Waals surface area (Å²) in [5, 5.41) is 0. The Bertz CT molecular complexity index is 175. The first-order valence-electron chi connectivity index (χ1n) is 5.04. The molecule has 0 N–H and O–H groups in total. The van der Waals surface area contributed by atoms with Crippen molar-refractivity contribution in [3.05, 3.63) is 12.2 Å². The number of carbonyl (C=O) groups excluding carboxylic acids is 1. The summed E-state index contributed by atoms with van der Waals surface area (Å²) >= 11 is 0. The summed E-state index contributed by atoms with van der Waals surface area (Å²) in [5.41, 5.74) is 1.06. The van der Waals surface area contributed by atoms with Gasteiger partial charge in [0.1, 0.15) is 6.61 Å². The van der Waals surface area contributed by atoms with E-state index >= 15 is 0 Å². The summed E-state index contributed by atoms with van der Waals surface area (Å²) in [5.74, 6) is -0.278. The third-order valence-corrected chi connectivity index (χ3v) is 1.65. The molecular formula is C11H20O3. The van der Waals surface area contributed by atoms with Crippen LogP contribution in [0.3, 0.4) is 0 Å². The minimum absolute atomic E-state index is 0.0526. The van der Waals surface area contributed by atoms with E-state index in [4.69, 9.17) is 9.47 Å². The Balaban J connectivity index is 3.22. The van der Waals surface area contributed by atoms with E-state index in [9.17, 15) is 4.79 Å². The van der Waals surface area contributed by atoms with Crippen LogP contribution in [0.5, 0.6) is 0 Å². The van der Waals surface area contributed by atoms with E-state index in [1.165, 1.54) is 0 Å². The van der Waals surface area contributed by atoms with Crippen LogP contribution in [0.25, 0.3) is 0 Å². The molecule has 0 unspecified atom stereocenters. The zero-order valence-corrected chi connectivity index (χ0v) is 9.17. The number of unbranched alkanes of at least 4 members (excludes halogenated alkanes) is 1. The van der Waals surface area contributed by atoms with Gasteiger partial charge in [-0.15, -0.1) is 6.58 Å². The average molecular weight is 200 g/mol. The minimum atomic E-state index is -0.278. The maximum Gasteiger partial charge on any atom is 0.332 e. The maximum atomic E-state index is 11.0. The van der Waals surface area contributed by atoms with Crippen molar-refractivity contribution in [1.82, 2.24) is 0 Å². The van der Waals surface area contributed by atoms with Crippen molar-refractivity contribution in [3.8, 4) is 0 Å². The van der Waals surface area contributed by atoms with Crippen LogP contribution in [0.4, 0.5) is 0 Å². The first-order chi connectivity index (χ1) is 6.66. The fourth-order valence-corrected chi connectivity index (χ4v) is 0.774. The highest BCUT2D eigenvalue weighted by atomic mass is 16.6. The summed E-state index contributed by atoms with van der Waals surface area (Å²) in [4.78, 5) is 11.0. The first-order valence-corrected chi connectivity index (χ1v) is 5.04. The Kier molecular flexibility index (Phi) is 8.24. The molecule has 0 aliphatic rings. The quantitative estimate of drug-likeness (QED) is 0.342. The molecule has 0 aromatic rings. The van der Waals surface area contributed by atoms with E-state index in [1.807, 2.05) is 6.92 Å². The van der Waals surface area contributed by atoms with Crippen molar-refractivity contribution < 1.29 is 14.3 Å². The molecule has 0 rings (SSSR count). The second-order valence-electron chi connectivity index (χ2n) is 3.33. The third-order valence-electron chi connectivity index (χ3n) is 1.65. The molecule has 0 aromatic carbocycles. The lowest BCUT2D eigenvalue weighted by molar-refractivity contribution is -0.149. The van der Waals surface area contributed by atoms with Crippen molar-refractivity contribution in [2.75, 3.05) is 19.8 Å². The number of esters is 1. The maximum absolute atomic E-state index is 11.0. The molecule has 0 aromatic heterocycles. The van der Waals surface area contributed by atoms with Gasteiger partial charge in [0.25, 0.3) is 0 Å². The van der Waals surface area contributed by atoms with E-state index in [0.717, 1.165) is 24.8 Å². The zero-order valence-electron chi connectivity index (χ0n) is 9.17. The molecule has 0 heterocycles. The van der Waals surface area contributed by atoms with E-state index < -0.39 is 0 Å². The topological polar surface area (TPSA) is 35.5 Å². The molecule has 0 bridgehead atoms. The number of carbonyl (C=O) groups is 1. The summed E-state index contributed by atoms with van der Waals surface area (Å²) < 4.78 is 10.0. The molecule has 0 aliphatic heterocycles. The SMILES string of the molecule is C=C(C)CCOCC(=O)OCCCC. The highest BCUT2D eigenvalue weighted by Crippen LogP contribution is 1.95. The second-order valence-corrected chi connectivity index (χ2v) is 3.33. The lowest BCUT2D eigenvalue weighted by atomic mass is 10.3. The van der Waals surface area contributed by atoms with E-state index in [-0.39, 0.29) is 12.6 Å². The van der Waals surface area contributed by atoms with Gasteiger partial charge >= 0.3 is 5.97 Å². The lowest BCUT2D eigenvalue weighted by Crippen LogP contribution is -2.13. The van der Waals surface area contributed by atoms with Crippen molar-refractivity contribution in [2.45, 2.75) is 33.1 Å². The second kappa shape index (κ2) is 8.75. The van der Waals surface area contributed by atoms with Gasteiger partial charge in [0, 0.05) is 0 Å². The molecule has 3 heteroatoms. The lowest BCUT2D eigenvalue weighted by Gasteiger charge is -2.04. The molecule has 82 valence electrons. The molecule has 14 heavy (non-hydrogen) atoms.